The van der Waals surface area contributed by atoms with E-state index >= 15 is 0 Å². The van der Waals surface area contributed by atoms with Crippen molar-refractivity contribution in [3.05, 3.63) is 95.3 Å². The van der Waals surface area contributed by atoms with Crippen molar-refractivity contribution < 1.29 is 43.6 Å². The summed E-state index contributed by atoms with van der Waals surface area (Å²) >= 11 is 0. The maximum absolute atomic E-state index is 13.3. The molecule has 1 amide bonds. The van der Waals surface area contributed by atoms with Gasteiger partial charge in [-0.2, -0.15) is 0 Å². The Morgan fingerprint density at radius 3 is 2.02 bits per heavy atom. The molecule has 9 nitrogen and oxygen atoms in total. The van der Waals surface area contributed by atoms with Crippen molar-refractivity contribution in [2.45, 2.75) is 44.4 Å². The number of nitrogens with zero attached hydrogens (tertiary/aromatic N) is 1. The van der Waals surface area contributed by atoms with Crippen molar-refractivity contribution in [2.75, 3.05) is 18.1 Å². The van der Waals surface area contributed by atoms with E-state index in [0.717, 1.165) is 5.56 Å². The minimum atomic E-state index is -1.79. The van der Waals surface area contributed by atoms with Crippen LogP contribution in [-0.2, 0) is 29.5 Å². The highest BCUT2D eigenvalue weighted by Crippen LogP contribution is 2.46. The number of rotatable bonds is 11. The first kappa shape index (κ1) is 29.7. The third-order valence-corrected chi connectivity index (χ3v) is 7.17. The Bertz CT molecular complexity index is 1360. The van der Waals surface area contributed by atoms with Gasteiger partial charge in [0.25, 0.3) is 0 Å². The normalized spacial score (nSPS) is 17.5. The SMILES string of the molecule is CC(=O)OCC(O)(COC(C)=O)c1ccc([C@@H]2[C@@H](CC[C@H](O)c3ccc(F)cc3)C(=O)N2c2ccc(O)cc2)cc1. The predicted octanol–water partition coefficient (Wildman–Crippen LogP) is 4.06. The predicted molar refractivity (Wildman–Crippen MR) is 146 cm³/mol. The van der Waals surface area contributed by atoms with Crippen LogP contribution in [0.25, 0.3) is 0 Å². The lowest BCUT2D eigenvalue weighted by Crippen LogP contribution is -2.55. The number of carbonyl (C=O) groups is 3. The van der Waals surface area contributed by atoms with E-state index in [4.69, 9.17) is 9.47 Å². The molecular weight excluding hydrogens is 533 g/mol. The van der Waals surface area contributed by atoms with Crippen LogP contribution in [-0.4, -0.2) is 46.4 Å². The number of aliphatic hydroxyl groups is 2. The number of carbonyl (C=O) groups excluding carboxylic acids is 3. The zero-order valence-electron chi connectivity index (χ0n) is 22.7. The van der Waals surface area contributed by atoms with Crippen LogP contribution in [0.5, 0.6) is 5.75 Å². The lowest BCUT2D eigenvalue weighted by atomic mass is 9.77. The fourth-order valence-electron chi connectivity index (χ4n) is 4.94. The Morgan fingerprint density at radius 1 is 0.927 bits per heavy atom. The Balaban J connectivity index is 1.59. The fourth-order valence-corrected chi connectivity index (χ4v) is 4.94. The van der Waals surface area contributed by atoms with Gasteiger partial charge in [-0.3, -0.25) is 14.4 Å². The molecule has 1 aliphatic rings. The molecule has 0 bridgehead atoms. The zero-order chi connectivity index (χ0) is 29.7. The van der Waals surface area contributed by atoms with Gasteiger partial charge >= 0.3 is 11.9 Å². The molecule has 0 unspecified atom stereocenters. The number of esters is 2. The van der Waals surface area contributed by atoms with Gasteiger partial charge in [0.1, 0.15) is 24.8 Å². The average Bonchev–Trinajstić information content (AvgIpc) is 2.95. The summed E-state index contributed by atoms with van der Waals surface area (Å²) in [6.45, 7) is 1.54. The minimum absolute atomic E-state index is 0.0569. The summed E-state index contributed by atoms with van der Waals surface area (Å²) in [7, 11) is 0. The van der Waals surface area contributed by atoms with E-state index in [0.29, 0.717) is 23.2 Å². The number of benzene rings is 3. The molecule has 1 fully saturated rings. The van der Waals surface area contributed by atoms with Gasteiger partial charge in [-0.1, -0.05) is 36.4 Å². The van der Waals surface area contributed by atoms with Gasteiger partial charge in [0.05, 0.1) is 18.1 Å². The van der Waals surface area contributed by atoms with E-state index in [1.807, 2.05) is 0 Å². The molecule has 3 aromatic rings. The van der Waals surface area contributed by atoms with Crippen molar-refractivity contribution >= 4 is 23.5 Å². The van der Waals surface area contributed by atoms with Gasteiger partial charge in [0.2, 0.25) is 5.91 Å². The highest BCUT2D eigenvalue weighted by Gasteiger charge is 2.48. The maximum atomic E-state index is 13.3. The van der Waals surface area contributed by atoms with Gasteiger partial charge in [0, 0.05) is 19.5 Å². The first-order valence-electron chi connectivity index (χ1n) is 13.1. The third-order valence-electron chi connectivity index (χ3n) is 7.17. The number of amides is 1. The maximum Gasteiger partial charge on any atom is 0.302 e. The molecule has 1 aliphatic heterocycles. The zero-order valence-corrected chi connectivity index (χ0v) is 22.7. The van der Waals surface area contributed by atoms with Crippen LogP contribution in [0.1, 0.15) is 55.5 Å². The minimum Gasteiger partial charge on any atom is -0.508 e. The molecule has 1 saturated heterocycles. The molecule has 41 heavy (non-hydrogen) atoms. The molecular formula is C31H32FNO8. The molecule has 216 valence electrons. The lowest BCUT2D eigenvalue weighted by Gasteiger charge is -2.48. The number of hydrogen-bond donors (Lipinski definition) is 3. The first-order chi connectivity index (χ1) is 19.5. The highest BCUT2D eigenvalue weighted by molar-refractivity contribution is 6.03. The van der Waals surface area contributed by atoms with Crippen molar-refractivity contribution in [3.63, 3.8) is 0 Å². The van der Waals surface area contributed by atoms with E-state index in [1.54, 1.807) is 41.3 Å². The van der Waals surface area contributed by atoms with Crippen LogP contribution in [0.4, 0.5) is 10.1 Å². The van der Waals surface area contributed by atoms with Gasteiger partial charge in [-0.15, -0.1) is 0 Å². The molecule has 0 aromatic heterocycles. The summed E-state index contributed by atoms with van der Waals surface area (Å²) in [5, 5.41) is 31.6. The average molecular weight is 566 g/mol. The molecule has 3 aromatic carbocycles. The van der Waals surface area contributed by atoms with Crippen LogP contribution in [0.2, 0.25) is 0 Å². The molecule has 10 heteroatoms. The Morgan fingerprint density at radius 2 is 1.49 bits per heavy atom. The molecule has 0 saturated carbocycles. The number of ether oxygens (including phenoxy) is 2. The molecule has 0 radical (unpaired) electrons. The van der Waals surface area contributed by atoms with E-state index in [9.17, 15) is 34.1 Å². The Hall–Kier alpha value is -4.28. The molecule has 0 spiro atoms. The quantitative estimate of drug-likeness (QED) is 0.234. The molecule has 3 N–H and O–H groups in total. The summed E-state index contributed by atoms with van der Waals surface area (Å²) in [5.41, 5.74) is 0.423. The van der Waals surface area contributed by atoms with E-state index in [1.165, 1.54) is 50.2 Å². The highest BCUT2D eigenvalue weighted by atomic mass is 19.1. The van der Waals surface area contributed by atoms with Crippen LogP contribution in [0.3, 0.4) is 0 Å². The second-order valence-corrected chi connectivity index (χ2v) is 10.1. The molecule has 4 rings (SSSR count). The number of aromatic hydroxyl groups is 1. The summed E-state index contributed by atoms with van der Waals surface area (Å²) in [6, 6.07) is 18.1. The van der Waals surface area contributed by atoms with Gasteiger partial charge in [0.15, 0.2) is 5.60 Å². The number of phenols is 1. The van der Waals surface area contributed by atoms with Gasteiger partial charge in [-0.25, -0.2) is 4.39 Å². The van der Waals surface area contributed by atoms with Crippen LogP contribution in [0.15, 0.2) is 72.8 Å². The summed E-state index contributed by atoms with van der Waals surface area (Å²) in [6.07, 6.45) is -0.266. The monoisotopic (exact) mass is 565 g/mol. The summed E-state index contributed by atoms with van der Waals surface area (Å²) in [5.74, 6) is -2.20. The Kier molecular flexibility index (Phi) is 9.05. The first-order valence-corrected chi connectivity index (χ1v) is 13.1. The number of β-lactam (4-membered cyclic amide) rings is 1. The summed E-state index contributed by atoms with van der Waals surface area (Å²) < 4.78 is 23.3. The van der Waals surface area contributed by atoms with Crippen LogP contribution < -0.4 is 4.90 Å². The second kappa shape index (κ2) is 12.5. The third kappa shape index (κ3) is 6.90. The van der Waals surface area contributed by atoms with E-state index < -0.39 is 54.6 Å². The standard InChI is InChI=1S/C31H32FNO8/c1-19(34)40-17-31(39,18-41-20(2)35)23-7-3-22(4-8-23)29-27(15-16-28(37)21-5-9-24(32)10-6-21)30(38)33(29)25-11-13-26(36)14-12-25/h3-14,27-29,36-37,39H,15-18H2,1-2H3/t27-,28+,29-/m1/s1. The van der Waals surface area contributed by atoms with Gasteiger partial charge in [-0.05, 0) is 65.9 Å². The topological polar surface area (TPSA) is 134 Å². The van der Waals surface area contributed by atoms with Crippen LogP contribution >= 0.6 is 0 Å². The van der Waals surface area contributed by atoms with Crippen molar-refractivity contribution in [3.8, 4) is 5.75 Å². The largest absolute Gasteiger partial charge is 0.508 e. The summed E-state index contributed by atoms with van der Waals surface area (Å²) in [4.78, 5) is 37.7. The van der Waals surface area contributed by atoms with Crippen LogP contribution in [0, 0.1) is 11.7 Å². The number of hydrogen-bond acceptors (Lipinski definition) is 8. The van der Waals surface area contributed by atoms with E-state index in [-0.39, 0.29) is 18.1 Å². The smallest absolute Gasteiger partial charge is 0.302 e. The van der Waals surface area contributed by atoms with E-state index in [2.05, 4.69) is 0 Å². The molecule has 1 heterocycles. The van der Waals surface area contributed by atoms with Crippen molar-refractivity contribution in [1.82, 2.24) is 0 Å². The number of halogens is 1. The van der Waals surface area contributed by atoms with Gasteiger partial charge < -0.3 is 29.7 Å². The number of anilines is 1. The van der Waals surface area contributed by atoms with Crippen molar-refractivity contribution in [2.24, 2.45) is 5.92 Å². The fraction of sp³-hybridized carbons (Fsp3) is 0.323. The Labute approximate surface area is 236 Å². The number of aliphatic hydroxyl groups excluding tert-OH is 1. The number of phenolic OH excluding ortho intramolecular Hbond substituents is 1. The lowest BCUT2D eigenvalue weighted by molar-refractivity contribution is -0.161. The second-order valence-electron chi connectivity index (χ2n) is 10.1. The molecule has 0 aliphatic carbocycles. The van der Waals surface area contributed by atoms with Crippen molar-refractivity contribution in [1.29, 1.82) is 0 Å². The molecule has 3 atom stereocenters.